The van der Waals surface area contributed by atoms with E-state index in [2.05, 4.69) is 5.32 Å². The highest BCUT2D eigenvalue weighted by atomic mass is 19.1. The number of rotatable bonds is 4. The molecular weight excluding hydrogens is 309 g/mol. The number of fused-ring (bicyclic) bond motifs is 2. The monoisotopic (exact) mass is 327 g/mol. The second-order valence-corrected chi connectivity index (χ2v) is 6.26. The molecule has 2 heterocycles. The van der Waals surface area contributed by atoms with Crippen molar-refractivity contribution in [2.75, 3.05) is 5.32 Å². The van der Waals surface area contributed by atoms with Gasteiger partial charge in [0.15, 0.2) is 11.6 Å². The SMILES string of the molecule is O=C(Nc1ccc(Oc2ccccc2F)cc1)C1CC2CCC1O2. The van der Waals surface area contributed by atoms with Gasteiger partial charge in [-0.2, -0.15) is 0 Å². The predicted molar refractivity (Wildman–Crippen MR) is 87.5 cm³/mol. The molecule has 2 aromatic rings. The summed E-state index contributed by atoms with van der Waals surface area (Å²) in [5, 5.41) is 2.92. The van der Waals surface area contributed by atoms with Gasteiger partial charge in [0.05, 0.1) is 18.1 Å². The number of anilines is 1. The van der Waals surface area contributed by atoms with Gasteiger partial charge in [0.2, 0.25) is 5.91 Å². The Morgan fingerprint density at radius 1 is 1.12 bits per heavy atom. The lowest BCUT2D eigenvalue weighted by Gasteiger charge is -2.18. The third-order valence-corrected chi connectivity index (χ3v) is 4.63. The van der Waals surface area contributed by atoms with Gasteiger partial charge in [-0.3, -0.25) is 4.79 Å². The van der Waals surface area contributed by atoms with Crippen LogP contribution in [0.25, 0.3) is 0 Å². The fraction of sp³-hybridized carbons (Fsp3) is 0.316. The van der Waals surface area contributed by atoms with E-state index in [-0.39, 0.29) is 29.8 Å². The summed E-state index contributed by atoms with van der Waals surface area (Å²) in [5.74, 6) is 0.226. The van der Waals surface area contributed by atoms with Crippen LogP contribution in [0.2, 0.25) is 0 Å². The molecule has 3 unspecified atom stereocenters. The minimum atomic E-state index is -0.411. The first-order valence-corrected chi connectivity index (χ1v) is 8.18. The Labute approximate surface area is 139 Å². The van der Waals surface area contributed by atoms with Crippen molar-refractivity contribution in [1.29, 1.82) is 0 Å². The number of hydrogen-bond acceptors (Lipinski definition) is 3. The van der Waals surface area contributed by atoms with Crippen LogP contribution in [0.3, 0.4) is 0 Å². The quantitative estimate of drug-likeness (QED) is 0.919. The standard InChI is InChI=1S/C19H18FNO3/c20-16-3-1-2-4-18(16)23-13-7-5-12(6-8-13)21-19(22)15-11-14-9-10-17(15)24-14/h1-8,14-15,17H,9-11H2,(H,21,22). The molecule has 2 fully saturated rings. The van der Waals surface area contributed by atoms with Gasteiger partial charge in [-0.05, 0) is 55.7 Å². The number of carbonyl (C=O) groups excluding carboxylic acids is 1. The topological polar surface area (TPSA) is 47.6 Å². The highest BCUT2D eigenvalue weighted by molar-refractivity contribution is 5.93. The van der Waals surface area contributed by atoms with Crippen LogP contribution in [0.5, 0.6) is 11.5 Å². The van der Waals surface area contributed by atoms with E-state index in [4.69, 9.17) is 9.47 Å². The number of amides is 1. The number of benzene rings is 2. The van der Waals surface area contributed by atoms with Crippen LogP contribution in [-0.2, 0) is 9.53 Å². The van der Waals surface area contributed by atoms with Crippen molar-refractivity contribution >= 4 is 11.6 Å². The van der Waals surface area contributed by atoms with E-state index in [9.17, 15) is 9.18 Å². The van der Waals surface area contributed by atoms with Crippen LogP contribution >= 0.6 is 0 Å². The lowest BCUT2D eigenvalue weighted by atomic mass is 9.88. The molecule has 1 N–H and O–H groups in total. The number of para-hydroxylation sites is 1. The van der Waals surface area contributed by atoms with E-state index in [1.807, 2.05) is 0 Å². The number of nitrogens with one attached hydrogen (secondary N) is 1. The van der Waals surface area contributed by atoms with Gasteiger partial charge in [0.25, 0.3) is 0 Å². The fourth-order valence-corrected chi connectivity index (χ4v) is 3.41. The lowest BCUT2D eigenvalue weighted by molar-refractivity contribution is -0.121. The average Bonchev–Trinajstić information content (AvgIpc) is 3.22. The molecule has 2 aliphatic rings. The highest BCUT2D eigenvalue weighted by Gasteiger charge is 2.44. The molecule has 0 spiro atoms. The second kappa shape index (κ2) is 6.24. The largest absolute Gasteiger partial charge is 0.454 e. The Bertz CT molecular complexity index is 747. The maximum Gasteiger partial charge on any atom is 0.230 e. The number of hydrogen-bond donors (Lipinski definition) is 1. The van der Waals surface area contributed by atoms with Gasteiger partial charge in [0, 0.05) is 5.69 Å². The van der Waals surface area contributed by atoms with E-state index in [0.29, 0.717) is 11.4 Å². The van der Waals surface area contributed by atoms with Crippen molar-refractivity contribution in [2.45, 2.75) is 31.5 Å². The summed E-state index contributed by atoms with van der Waals surface area (Å²) >= 11 is 0. The third-order valence-electron chi connectivity index (χ3n) is 4.63. The minimum absolute atomic E-state index is 0.00460. The normalized spacial score (nSPS) is 24.8. The van der Waals surface area contributed by atoms with Gasteiger partial charge in [0.1, 0.15) is 5.75 Å². The summed E-state index contributed by atoms with van der Waals surface area (Å²) < 4.78 is 24.8. The highest BCUT2D eigenvalue weighted by Crippen LogP contribution is 2.39. The molecule has 0 radical (unpaired) electrons. The maximum absolute atomic E-state index is 13.6. The molecule has 124 valence electrons. The second-order valence-electron chi connectivity index (χ2n) is 6.26. The molecule has 24 heavy (non-hydrogen) atoms. The third kappa shape index (κ3) is 2.99. The molecule has 2 bridgehead atoms. The molecule has 1 amide bonds. The van der Waals surface area contributed by atoms with Crippen molar-refractivity contribution in [3.05, 3.63) is 54.3 Å². The van der Waals surface area contributed by atoms with Crippen molar-refractivity contribution in [3.8, 4) is 11.5 Å². The van der Waals surface area contributed by atoms with Crippen LogP contribution in [-0.4, -0.2) is 18.1 Å². The molecule has 4 rings (SSSR count). The summed E-state index contributed by atoms with van der Waals surface area (Å²) in [7, 11) is 0. The van der Waals surface area contributed by atoms with Crippen LogP contribution in [0, 0.1) is 11.7 Å². The smallest absolute Gasteiger partial charge is 0.230 e. The summed E-state index contributed by atoms with van der Waals surface area (Å²) in [4.78, 5) is 12.4. The van der Waals surface area contributed by atoms with Crippen molar-refractivity contribution in [2.24, 2.45) is 5.92 Å². The summed E-state index contributed by atoms with van der Waals surface area (Å²) in [5.41, 5.74) is 0.698. The van der Waals surface area contributed by atoms with Gasteiger partial charge < -0.3 is 14.8 Å². The Morgan fingerprint density at radius 2 is 1.92 bits per heavy atom. The summed E-state index contributed by atoms with van der Waals surface area (Å²) in [6.07, 6.45) is 3.17. The van der Waals surface area contributed by atoms with E-state index in [0.717, 1.165) is 19.3 Å². The zero-order valence-corrected chi connectivity index (χ0v) is 13.1. The zero-order chi connectivity index (χ0) is 16.5. The van der Waals surface area contributed by atoms with E-state index in [1.54, 1.807) is 42.5 Å². The molecule has 3 atom stereocenters. The van der Waals surface area contributed by atoms with E-state index in [1.165, 1.54) is 6.07 Å². The van der Waals surface area contributed by atoms with E-state index >= 15 is 0 Å². The molecule has 0 aliphatic carbocycles. The van der Waals surface area contributed by atoms with Crippen molar-refractivity contribution < 1.29 is 18.7 Å². The molecule has 2 aromatic carbocycles. The Kier molecular flexibility index (Phi) is 3.94. The molecule has 0 aromatic heterocycles. The van der Waals surface area contributed by atoms with Gasteiger partial charge in [-0.15, -0.1) is 0 Å². The first kappa shape index (κ1) is 15.1. The van der Waals surface area contributed by atoms with E-state index < -0.39 is 5.82 Å². The lowest BCUT2D eigenvalue weighted by Crippen LogP contribution is -2.30. The molecule has 0 saturated carbocycles. The van der Waals surface area contributed by atoms with Crippen LogP contribution in [0.15, 0.2) is 48.5 Å². The summed E-state index contributed by atoms with van der Waals surface area (Å²) in [6.45, 7) is 0. The van der Waals surface area contributed by atoms with Crippen LogP contribution in [0.1, 0.15) is 19.3 Å². The predicted octanol–water partition coefficient (Wildman–Crippen LogP) is 4.12. The summed E-state index contributed by atoms with van der Waals surface area (Å²) in [6, 6.07) is 13.2. The van der Waals surface area contributed by atoms with Crippen molar-refractivity contribution in [3.63, 3.8) is 0 Å². The first-order valence-electron chi connectivity index (χ1n) is 8.18. The molecule has 4 nitrogen and oxygen atoms in total. The van der Waals surface area contributed by atoms with Crippen LogP contribution in [0.4, 0.5) is 10.1 Å². The number of carbonyl (C=O) groups is 1. The Morgan fingerprint density at radius 3 is 2.58 bits per heavy atom. The van der Waals surface area contributed by atoms with Gasteiger partial charge in [-0.1, -0.05) is 12.1 Å². The van der Waals surface area contributed by atoms with Crippen LogP contribution < -0.4 is 10.1 Å². The fourth-order valence-electron chi connectivity index (χ4n) is 3.41. The number of ether oxygens (including phenoxy) is 2. The first-order chi connectivity index (χ1) is 11.7. The molecular formula is C19H18FNO3. The Balaban J connectivity index is 1.39. The maximum atomic E-state index is 13.6. The molecule has 2 saturated heterocycles. The Hall–Kier alpha value is -2.40. The molecule has 5 heteroatoms. The molecule has 2 aliphatic heterocycles. The van der Waals surface area contributed by atoms with Crippen molar-refractivity contribution in [1.82, 2.24) is 0 Å². The van der Waals surface area contributed by atoms with Gasteiger partial charge in [-0.25, -0.2) is 4.39 Å². The minimum Gasteiger partial charge on any atom is -0.454 e. The average molecular weight is 327 g/mol. The zero-order valence-electron chi connectivity index (χ0n) is 13.1. The van der Waals surface area contributed by atoms with Gasteiger partial charge >= 0.3 is 0 Å². The number of halogens is 1.